The van der Waals surface area contributed by atoms with Gasteiger partial charge in [-0.2, -0.15) is 0 Å². The van der Waals surface area contributed by atoms with E-state index in [4.69, 9.17) is 4.74 Å². The minimum atomic E-state index is -0.567. The van der Waals surface area contributed by atoms with Crippen molar-refractivity contribution in [1.82, 2.24) is 4.90 Å². The van der Waals surface area contributed by atoms with Crippen LogP contribution in [0.2, 0.25) is 0 Å². The second kappa shape index (κ2) is 8.01. The van der Waals surface area contributed by atoms with Gasteiger partial charge in [0.1, 0.15) is 5.82 Å². The zero-order valence-electron chi connectivity index (χ0n) is 13.2. The van der Waals surface area contributed by atoms with Crippen LogP contribution in [0.25, 0.3) is 0 Å². The van der Waals surface area contributed by atoms with Gasteiger partial charge < -0.3 is 4.74 Å². The van der Waals surface area contributed by atoms with Crippen LogP contribution in [0.1, 0.15) is 22.8 Å². The van der Waals surface area contributed by atoms with Gasteiger partial charge in [0.2, 0.25) is 0 Å². The predicted octanol–water partition coefficient (Wildman–Crippen LogP) is 3.86. The number of aryl methyl sites for hydroxylation is 1. The molecule has 2 unspecified atom stereocenters. The zero-order valence-corrected chi connectivity index (χ0v) is 14.8. The van der Waals surface area contributed by atoms with Crippen molar-refractivity contribution in [2.24, 2.45) is 0 Å². The average Bonchev–Trinajstić information content (AvgIpc) is 3.00. The molecular weight excluding hydrogens is 373 g/mol. The summed E-state index contributed by atoms with van der Waals surface area (Å²) >= 11 is 3.44. The van der Waals surface area contributed by atoms with E-state index >= 15 is 0 Å². The van der Waals surface area contributed by atoms with Gasteiger partial charge in [-0.05, 0) is 35.2 Å². The van der Waals surface area contributed by atoms with Crippen LogP contribution in [-0.2, 0) is 22.5 Å². The van der Waals surface area contributed by atoms with Crippen LogP contribution in [0.5, 0.6) is 0 Å². The first-order chi connectivity index (χ1) is 11.7. The fourth-order valence-corrected chi connectivity index (χ4v) is 3.36. The van der Waals surface area contributed by atoms with E-state index in [0.717, 1.165) is 29.2 Å². The van der Waals surface area contributed by atoms with E-state index < -0.39 is 6.23 Å². The number of rotatable bonds is 6. The Hall–Kier alpha value is -1.56. The second-order valence-corrected chi connectivity index (χ2v) is 6.68. The summed E-state index contributed by atoms with van der Waals surface area (Å²) in [7, 11) is 0. The Morgan fingerprint density at radius 1 is 1.12 bits per heavy atom. The number of halogens is 2. The standard InChI is InChI=1S/C19H19BrFNO2/c20-10-9-14-1-3-15(4-2-14)11-22-12-18(24-19(22)13-23)16-5-7-17(21)8-6-16/h1-8,13,18-19H,9-12H2. The van der Waals surface area contributed by atoms with Gasteiger partial charge in [-0.25, -0.2) is 4.39 Å². The van der Waals surface area contributed by atoms with Crippen molar-refractivity contribution in [2.45, 2.75) is 25.3 Å². The number of ether oxygens (including phenoxy) is 1. The number of benzene rings is 2. The van der Waals surface area contributed by atoms with Crippen molar-refractivity contribution in [3.8, 4) is 0 Å². The van der Waals surface area contributed by atoms with Crippen molar-refractivity contribution in [1.29, 1.82) is 0 Å². The quantitative estimate of drug-likeness (QED) is 0.552. The lowest BCUT2D eigenvalue weighted by Crippen LogP contribution is -2.30. The van der Waals surface area contributed by atoms with Gasteiger partial charge in [0.15, 0.2) is 12.5 Å². The van der Waals surface area contributed by atoms with Gasteiger partial charge in [-0.15, -0.1) is 0 Å². The highest BCUT2D eigenvalue weighted by Crippen LogP contribution is 2.29. The van der Waals surface area contributed by atoms with Gasteiger partial charge in [0.25, 0.3) is 0 Å². The SMILES string of the molecule is O=CC1OC(c2ccc(F)cc2)CN1Cc1ccc(CCBr)cc1. The van der Waals surface area contributed by atoms with Crippen molar-refractivity contribution >= 4 is 22.2 Å². The first-order valence-electron chi connectivity index (χ1n) is 7.93. The van der Waals surface area contributed by atoms with Crippen LogP contribution >= 0.6 is 15.9 Å². The molecule has 126 valence electrons. The fourth-order valence-electron chi connectivity index (χ4n) is 2.90. The number of nitrogens with zero attached hydrogens (tertiary/aromatic N) is 1. The Morgan fingerprint density at radius 2 is 1.79 bits per heavy atom. The molecule has 1 aliphatic heterocycles. The Balaban J connectivity index is 1.68. The van der Waals surface area contributed by atoms with Crippen LogP contribution in [0.3, 0.4) is 0 Å². The molecular formula is C19H19BrFNO2. The molecule has 0 spiro atoms. The van der Waals surface area contributed by atoms with E-state index in [0.29, 0.717) is 13.1 Å². The van der Waals surface area contributed by atoms with Gasteiger partial charge in [0.05, 0.1) is 6.10 Å². The summed E-state index contributed by atoms with van der Waals surface area (Å²) in [6.45, 7) is 1.26. The van der Waals surface area contributed by atoms with Gasteiger partial charge in [-0.1, -0.05) is 52.3 Å². The lowest BCUT2D eigenvalue weighted by atomic mass is 10.1. The molecule has 0 N–H and O–H groups in total. The van der Waals surface area contributed by atoms with Crippen LogP contribution in [-0.4, -0.2) is 29.3 Å². The molecule has 2 aromatic rings. The molecule has 0 aliphatic carbocycles. The lowest BCUT2D eigenvalue weighted by Gasteiger charge is -2.18. The molecule has 1 fully saturated rings. The maximum absolute atomic E-state index is 13.1. The highest BCUT2D eigenvalue weighted by molar-refractivity contribution is 9.09. The summed E-state index contributed by atoms with van der Waals surface area (Å²) in [5.41, 5.74) is 3.31. The van der Waals surface area contributed by atoms with Crippen molar-refractivity contribution in [3.05, 3.63) is 71.0 Å². The zero-order chi connectivity index (χ0) is 16.9. The molecule has 0 aromatic heterocycles. The monoisotopic (exact) mass is 391 g/mol. The van der Waals surface area contributed by atoms with E-state index in [2.05, 4.69) is 40.2 Å². The van der Waals surface area contributed by atoms with Crippen LogP contribution in [0.15, 0.2) is 48.5 Å². The van der Waals surface area contributed by atoms with Crippen molar-refractivity contribution in [2.75, 3.05) is 11.9 Å². The van der Waals surface area contributed by atoms with Crippen LogP contribution in [0.4, 0.5) is 4.39 Å². The number of carbonyl (C=O) groups is 1. The maximum atomic E-state index is 13.1. The summed E-state index contributed by atoms with van der Waals surface area (Å²) in [4.78, 5) is 13.3. The minimum absolute atomic E-state index is 0.214. The summed E-state index contributed by atoms with van der Waals surface area (Å²) in [6.07, 6.45) is 1.04. The molecule has 24 heavy (non-hydrogen) atoms. The topological polar surface area (TPSA) is 29.5 Å². The third-order valence-electron chi connectivity index (χ3n) is 4.21. The number of alkyl halides is 1. The molecule has 0 radical (unpaired) electrons. The van der Waals surface area contributed by atoms with E-state index in [1.165, 1.54) is 17.7 Å². The third kappa shape index (κ3) is 4.09. The van der Waals surface area contributed by atoms with Crippen LogP contribution in [0, 0.1) is 5.82 Å². The number of hydrogen-bond acceptors (Lipinski definition) is 3. The molecule has 5 heteroatoms. The molecule has 1 heterocycles. The van der Waals surface area contributed by atoms with Crippen molar-refractivity contribution in [3.63, 3.8) is 0 Å². The van der Waals surface area contributed by atoms with Crippen LogP contribution < -0.4 is 0 Å². The third-order valence-corrected chi connectivity index (χ3v) is 4.61. The molecule has 2 atom stereocenters. The minimum Gasteiger partial charge on any atom is -0.347 e. The van der Waals surface area contributed by atoms with E-state index in [1.54, 1.807) is 12.1 Å². The molecule has 1 aliphatic rings. The summed E-state index contributed by atoms with van der Waals surface area (Å²) in [6, 6.07) is 14.7. The normalized spacial score (nSPS) is 21.1. The molecule has 0 amide bonds. The molecule has 0 saturated carbocycles. The molecule has 0 bridgehead atoms. The van der Waals surface area contributed by atoms with Gasteiger partial charge in [-0.3, -0.25) is 9.69 Å². The van der Waals surface area contributed by atoms with E-state index in [1.807, 2.05) is 4.90 Å². The first kappa shape index (κ1) is 17.3. The highest BCUT2D eigenvalue weighted by atomic mass is 79.9. The smallest absolute Gasteiger partial charge is 0.168 e. The predicted molar refractivity (Wildman–Crippen MR) is 94.4 cm³/mol. The first-order valence-corrected chi connectivity index (χ1v) is 9.06. The highest BCUT2D eigenvalue weighted by Gasteiger charge is 2.33. The number of aldehydes is 1. The Morgan fingerprint density at radius 3 is 2.42 bits per heavy atom. The average molecular weight is 392 g/mol. The lowest BCUT2D eigenvalue weighted by molar-refractivity contribution is -0.123. The summed E-state index contributed by atoms with van der Waals surface area (Å²) in [5.74, 6) is -0.274. The number of carbonyl (C=O) groups excluding carboxylic acids is 1. The van der Waals surface area contributed by atoms with Gasteiger partial charge >= 0.3 is 0 Å². The van der Waals surface area contributed by atoms with E-state index in [9.17, 15) is 9.18 Å². The fraction of sp³-hybridized carbons (Fsp3) is 0.316. The van der Waals surface area contributed by atoms with Crippen molar-refractivity contribution < 1.29 is 13.9 Å². The summed E-state index contributed by atoms with van der Waals surface area (Å²) < 4.78 is 18.9. The molecule has 1 saturated heterocycles. The Labute approximate surface area is 149 Å². The maximum Gasteiger partial charge on any atom is 0.168 e. The van der Waals surface area contributed by atoms with E-state index in [-0.39, 0.29) is 11.9 Å². The second-order valence-electron chi connectivity index (χ2n) is 5.89. The largest absolute Gasteiger partial charge is 0.347 e. The Bertz CT molecular complexity index is 675. The number of hydrogen-bond donors (Lipinski definition) is 0. The summed E-state index contributed by atoms with van der Waals surface area (Å²) in [5, 5.41) is 0.943. The molecule has 3 rings (SSSR count). The molecule has 2 aromatic carbocycles. The van der Waals surface area contributed by atoms with Gasteiger partial charge in [0, 0.05) is 18.4 Å². The molecule has 3 nitrogen and oxygen atoms in total. The Kier molecular flexibility index (Phi) is 5.76.